The van der Waals surface area contributed by atoms with Crippen molar-refractivity contribution in [2.24, 2.45) is 11.8 Å². The van der Waals surface area contributed by atoms with Crippen molar-refractivity contribution in [2.75, 3.05) is 20.3 Å². The van der Waals surface area contributed by atoms with Crippen molar-refractivity contribution >= 4 is 38.7 Å². The van der Waals surface area contributed by atoms with Crippen LogP contribution in [0.5, 0.6) is 0 Å². The van der Waals surface area contributed by atoms with Crippen LogP contribution in [0.1, 0.15) is 26.5 Å². The van der Waals surface area contributed by atoms with Crippen molar-refractivity contribution in [1.29, 1.82) is 0 Å². The molecule has 1 saturated heterocycles. The van der Waals surface area contributed by atoms with Gasteiger partial charge < -0.3 is 19.8 Å². The summed E-state index contributed by atoms with van der Waals surface area (Å²) < 4.78 is 11.8. The molecule has 1 aromatic heterocycles. The number of ether oxygens (including phenoxy) is 1. The Kier molecular flexibility index (Phi) is 3.65. The molecule has 1 saturated carbocycles. The van der Waals surface area contributed by atoms with E-state index in [-0.39, 0.29) is 17.9 Å². The van der Waals surface area contributed by atoms with Crippen LogP contribution in [0.2, 0.25) is 0 Å². The van der Waals surface area contributed by atoms with E-state index in [2.05, 4.69) is 26.6 Å². The lowest BCUT2D eigenvalue weighted by Gasteiger charge is -2.09. The first-order chi connectivity index (χ1) is 11.5. The summed E-state index contributed by atoms with van der Waals surface area (Å²) in [6, 6.07) is 3.52. The first kappa shape index (κ1) is 15.7. The fourth-order valence-electron chi connectivity index (χ4n) is 3.41. The lowest BCUT2D eigenvalue weighted by Crippen LogP contribution is -2.30. The van der Waals surface area contributed by atoms with E-state index in [1.165, 1.54) is 0 Å². The monoisotopic (exact) mass is 392 g/mol. The van der Waals surface area contributed by atoms with Crippen molar-refractivity contribution in [3.63, 3.8) is 0 Å². The molecule has 4 rings (SSSR count). The summed E-state index contributed by atoms with van der Waals surface area (Å²) in [4.78, 5) is 24.8. The van der Waals surface area contributed by atoms with Gasteiger partial charge in [0, 0.05) is 35.9 Å². The minimum atomic E-state index is -0.285. The summed E-state index contributed by atoms with van der Waals surface area (Å²) in [7, 11) is 1.55. The molecule has 0 spiro atoms. The molecule has 2 fully saturated rings. The van der Waals surface area contributed by atoms with E-state index in [1.54, 1.807) is 19.2 Å². The number of amides is 2. The summed E-state index contributed by atoms with van der Waals surface area (Å²) in [6.07, 6.45) is 0. The first-order valence-corrected chi connectivity index (χ1v) is 8.64. The number of carbonyl (C=O) groups excluding carboxylic acids is 2. The smallest absolute Gasteiger partial charge is 0.254 e. The quantitative estimate of drug-likeness (QED) is 0.838. The Hall–Kier alpha value is -1.86. The summed E-state index contributed by atoms with van der Waals surface area (Å²) >= 11 is 3.47. The third-order valence-electron chi connectivity index (χ3n) is 4.87. The van der Waals surface area contributed by atoms with Crippen LogP contribution < -0.4 is 10.6 Å². The Bertz CT molecular complexity index is 850. The molecule has 2 N–H and O–H groups in total. The van der Waals surface area contributed by atoms with Crippen LogP contribution in [0, 0.1) is 18.8 Å². The van der Waals surface area contributed by atoms with Crippen molar-refractivity contribution in [1.82, 2.24) is 10.6 Å². The molecule has 6 nitrogen and oxygen atoms in total. The molecular formula is C17H17BrN2O4. The molecule has 2 heterocycles. The van der Waals surface area contributed by atoms with Crippen LogP contribution in [-0.4, -0.2) is 38.1 Å². The Labute approximate surface area is 147 Å². The number of hydrogen-bond donors (Lipinski definition) is 2. The average molecular weight is 393 g/mol. The Morgan fingerprint density at radius 3 is 2.58 bits per heavy atom. The van der Waals surface area contributed by atoms with Gasteiger partial charge in [-0.1, -0.05) is 0 Å². The minimum absolute atomic E-state index is 0.174. The maximum atomic E-state index is 12.6. The topological polar surface area (TPSA) is 80.6 Å². The highest BCUT2D eigenvalue weighted by Gasteiger charge is 2.54. The van der Waals surface area contributed by atoms with Gasteiger partial charge in [-0.15, -0.1) is 0 Å². The van der Waals surface area contributed by atoms with Crippen LogP contribution in [0.25, 0.3) is 11.0 Å². The normalized spacial score (nSPS) is 24.7. The van der Waals surface area contributed by atoms with E-state index < -0.39 is 0 Å². The molecule has 24 heavy (non-hydrogen) atoms. The lowest BCUT2D eigenvalue weighted by molar-refractivity contribution is 0.0929. The molecule has 7 heteroatoms. The molecule has 1 aliphatic heterocycles. The number of benzene rings is 1. The van der Waals surface area contributed by atoms with Crippen molar-refractivity contribution in [3.8, 4) is 0 Å². The summed E-state index contributed by atoms with van der Waals surface area (Å²) in [5.41, 5.74) is 1.29. The standard InChI is InChI=1S/C17H17BrN2O4/c1-7-13(18)9-3-8(4-10(15(9)24-7)17(22)19-2)16(21)20-14-11-5-23-6-12(11)14/h3-4,11-12,14H,5-6H2,1-2H3,(H,19,22)(H,20,21). The Morgan fingerprint density at radius 2 is 1.92 bits per heavy atom. The van der Waals surface area contributed by atoms with E-state index in [9.17, 15) is 9.59 Å². The molecule has 2 unspecified atom stereocenters. The van der Waals surface area contributed by atoms with Gasteiger partial charge >= 0.3 is 0 Å². The minimum Gasteiger partial charge on any atom is -0.459 e. The van der Waals surface area contributed by atoms with Gasteiger partial charge in [-0.2, -0.15) is 0 Å². The van der Waals surface area contributed by atoms with Crippen molar-refractivity contribution < 1.29 is 18.7 Å². The maximum Gasteiger partial charge on any atom is 0.254 e. The maximum absolute atomic E-state index is 12.6. The molecular weight excluding hydrogens is 376 g/mol. The third kappa shape index (κ3) is 2.34. The van der Waals surface area contributed by atoms with Crippen LogP contribution in [0.3, 0.4) is 0 Å². The average Bonchev–Trinajstić information content (AvgIpc) is 2.92. The number of rotatable bonds is 3. The number of halogens is 1. The van der Waals surface area contributed by atoms with Crippen LogP contribution in [-0.2, 0) is 4.74 Å². The zero-order valence-electron chi connectivity index (χ0n) is 13.3. The van der Waals surface area contributed by atoms with Gasteiger partial charge in [0.05, 0.1) is 23.2 Å². The lowest BCUT2D eigenvalue weighted by atomic mass is 10.1. The Morgan fingerprint density at radius 1 is 1.21 bits per heavy atom. The van der Waals surface area contributed by atoms with Crippen LogP contribution >= 0.6 is 15.9 Å². The molecule has 2 aromatic rings. The first-order valence-electron chi connectivity index (χ1n) is 7.84. The van der Waals surface area contributed by atoms with Crippen molar-refractivity contribution in [3.05, 3.63) is 33.5 Å². The molecule has 0 bridgehead atoms. The number of fused-ring (bicyclic) bond motifs is 2. The van der Waals surface area contributed by atoms with E-state index in [0.29, 0.717) is 47.5 Å². The number of furan rings is 1. The Balaban J connectivity index is 1.71. The molecule has 2 aliphatic rings. The second kappa shape index (κ2) is 5.60. The largest absolute Gasteiger partial charge is 0.459 e. The molecule has 1 aliphatic carbocycles. The van der Waals surface area contributed by atoms with Gasteiger partial charge in [0.25, 0.3) is 11.8 Å². The zero-order valence-corrected chi connectivity index (χ0v) is 14.9. The highest BCUT2D eigenvalue weighted by atomic mass is 79.9. The number of aryl methyl sites for hydroxylation is 1. The van der Waals surface area contributed by atoms with E-state index in [4.69, 9.17) is 9.15 Å². The fourth-order valence-corrected chi connectivity index (χ4v) is 3.79. The predicted molar refractivity (Wildman–Crippen MR) is 91.1 cm³/mol. The highest BCUT2D eigenvalue weighted by Crippen LogP contribution is 2.44. The van der Waals surface area contributed by atoms with Gasteiger partial charge in [0.2, 0.25) is 0 Å². The fraction of sp³-hybridized carbons (Fsp3) is 0.412. The third-order valence-corrected chi connectivity index (χ3v) is 5.86. The van der Waals surface area contributed by atoms with E-state index in [0.717, 1.165) is 9.86 Å². The van der Waals surface area contributed by atoms with Gasteiger partial charge in [0.1, 0.15) is 11.3 Å². The molecule has 2 amide bonds. The summed E-state index contributed by atoms with van der Waals surface area (Å²) in [6.45, 7) is 3.23. The molecule has 0 radical (unpaired) electrons. The van der Waals surface area contributed by atoms with Gasteiger partial charge in [-0.3, -0.25) is 9.59 Å². The summed E-state index contributed by atoms with van der Waals surface area (Å²) in [5, 5.41) is 6.36. The number of nitrogens with one attached hydrogen (secondary N) is 2. The van der Waals surface area contributed by atoms with E-state index in [1.807, 2.05) is 6.92 Å². The van der Waals surface area contributed by atoms with E-state index >= 15 is 0 Å². The van der Waals surface area contributed by atoms with Gasteiger partial charge in [0.15, 0.2) is 0 Å². The highest BCUT2D eigenvalue weighted by molar-refractivity contribution is 9.10. The van der Waals surface area contributed by atoms with Gasteiger partial charge in [-0.25, -0.2) is 0 Å². The summed E-state index contributed by atoms with van der Waals surface area (Å²) in [5.74, 6) is 1.07. The molecule has 2 atom stereocenters. The molecule has 126 valence electrons. The SMILES string of the molecule is CNC(=O)c1cc(C(=O)NC2C3COCC32)cc2c(Br)c(C)oc12. The second-order valence-corrected chi connectivity index (χ2v) is 7.11. The van der Waals surface area contributed by atoms with Gasteiger partial charge in [-0.05, 0) is 35.0 Å². The predicted octanol–water partition coefficient (Wildman–Crippen LogP) is 2.24. The number of carbonyl (C=O) groups is 2. The second-order valence-electron chi connectivity index (χ2n) is 6.32. The zero-order chi connectivity index (χ0) is 17.0. The van der Waals surface area contributed by atoms with Crippen LogP contribution in [0.4, 0.5) is 0 Å². The van der Waals surface area contributed by atoms with Crippen LogP contribution in [0.15, 0.2) is 21.0 Å². The molecule has 1 aromatic carbocycles. The number of hydrogen-bond acceptors (Lipinski definition) is 4. The van der Waals surface area contributed by atoms with Crippen molar-refractivity contribution in [2.45, 2.75) is 13.0 Å².